The molecule has 0 aliphatic heterocycles. The zero-order valence-electron chi connectivity index (χ0n) is 11.7. The molecule has 0 bridgehead atoms. The van der Waals surface area contributed by atoms with Crippen LogP contribution in [0, 0.1) is 0 Å². The van der Waals surface area contributed by atoms with Gasteiger partial charge in [-0.05, 0) is 6.42 Å². The van der Waals surface area contributed by atoms with Gasteiger partial charge in [0, 0.05) is 13.4 Å². The zero-order valence-corrected chi connectivity index (χ0v) is 14.2. The molecule has 0 saturated heterocycles. The molecular formula is C14H31BrSi. The standard InChI is InChI=1S/C14H31BrSi/c1-4-5-6-7-8-10-13-16(2,3)14-11-9-12-15/h4-14H2,1-3H3. The number of unbranched alkanes of at least 4 members (excludes halogenated alkanes) is 6. The first-order valence-corrected chi connectivity index (χ1v) is 11.7. The van der Waals surface area contributed by atoms with Crippen molar-refractivity contribution in [1.29, 1.82) is 0 Å². The molecule has 98 valence electrons. The first-order valence-electron chi connectivity index (χ1n) is 7.18. The van der Waals surface area contributed by atoms with E-state index < -0.39 is 8.07 Å². The number of hydrogen-bond donors (Lipinski definition) is 0. The fraction of sp³-hybridized carbons (Fsp3) is 1.00. The zero-order chi connectivity index (χ0) is 12.3. The summed E-state index contributed by atoms with van der Waals surface area (Å²) in [6.07, 6.45) is 11.5. The van der Waals surface area contributed by atoms with Crippen LogP contribution in [0.2, 0.25) is 25.2 Å². The van der Waals surface area contributed by atoms with Gasteiger partial charge in [-0.3, -0.25) is 0 Å². The van der Waals surface area contributed by atoms with Crippen molar-refractivity contribution in [2.75, 3.05) is 5.33 Å². The molecule has 0 aliphatic rings. The van der Waals surface area contributed by atoms with Crippen molar-refractivity contribution in [2.24, 2.45) is 0 Å². The van der Waals surface area contributed by atoms with Gasteiger partial charge in [-0.25, -0.2) is 0 Å². The maximum absolute atomic E-state index is 3.52. The van der Waals surface area contributed by atoms with Crippen LogP contribution in [-0.2, 0) is 0 Å². The minimum atomic E-state index is -0.830. The van der Waals surface area contributed by atoms with Crippen molar-refractivity contribution in [3.8, 4) is 0 Å². The van der Waals surface area contributed by atoms with Crippen LogP contribution in [0.15, 0.2) is 0 Å². The maximum Gasteiger partial charge on any atom is 0.0473 e. The van der Waals surface area contributed by atoms with Crippen LogP contribution in [0.3, 0.4) is 0 Å². The average Bonchev–Trinajstić information content (AvgIpc) is 2.23. The van der Waals surface area contributed by atoms with Crippen LogP contribution in [0.25, 0.3) is 0 Å². The van der Waals surface area contributed by atoms with E-state index >= 15 is 0 Å². The molecule has 0 aromatic heterocycles. The highest BCUT2D eigenvalue weighted by molar-refractivity contribution is 9.09. The summed E-state index contributed by atoms with van der Waals surface area (Å²) < 4.78 is 0. The molecule has 0 atom stereocenters. The molecule has 0 unspecified atom stereocenters. The predicted octanol–water partition coefficient (Wildman–Crippen LogP) is 6.23. The van der Waals surface area contributed by atoms with Gasteiger partial charge in [0.15, 0.2) is 0 Å². The lowest BCUT2D eigenvalue weighted by Crippen LogP contribution is -2.24. The minimum Gasteiger partial charge on any atom is -0.0928 e. The molecule has 0 spiro atoms. The van der Waals surface area contributed by atoms with Gasteiger partial charge in [-0.15, -0.1) is 0 Å². The van der Waals surface area contributed by atoms with Crippen molar-refractivity contribution in [2.45, 2.75) is 83.5 Å². The van der Waals surface area contributed by atoms with Gasteiger partial charge in [-0.1, -0.05) is 93.0 Å². The molecule has 0 amide bonds. The summed E-state index contributed by atoms with van der Waals surface area (Å²) >= 11 is 3.52. The Balaban J connectivity index is 3.35. The SMILES string of the molecule is CCCCCCCC[Si](C)(C)CCCCBr. The first-order chi connectivity index (χ1) is 7.62. The van der Waals surface area contributed by atoms with Crippen LogP contribution in [-0.4, -0.2) is 13.4 Å². The fourth-order valence-corrected chi connectivity index (χ4v) is 5.27. The van der Waals surface area contributed by atoms with Crippen molar-refractivity contribution < 1.29 is 0 Å². The second kappa shape index (κ2) is 10.8. The average molecular weight is 307 g/mol. The Morgan fingerprint density at radius 2 is 1.25 bits per heavy atom. The smallest absolute Gasteiger partial charge is 0.0473 e. The topological polar surface area (TPSA) is 0 Å². The lowest BCUT2D eigenvalue weighted by atomic mass is 10.1. The van der Waals surface area contributed by atoms with E-state index in [-0.39, 0.29) is 0 Å². The Morgan fingerprint density at radius 3 is 1.81 bits per heavy atom. The summed E-state index contributed by atoms with van der Waals surface area (Å²) in [6, 6.07) is 3.09. The molecule has 0 heterocycles. The number of halogens is 1. The van der Waals surface area contributed by atoms with Crippen LogP contribution < -0.4 is 0 Å². The van der Waals surface area contributed by atoms with Crippen molar-refractivity contribution >= 4 is 24.0 Å². The van der Waals surface area contributed by atoms with Gasteiger partial charge in [0.05, 0.1) is 0 Å². The molecule has 0 aliphatic carbocycles. The number of alkyl halides is 1. The third-order valence-corrected chi connectivity index (χ3v) is 7.42. The van der Waals surface area contributed by atoms with E-state index in [0.29, 0.717) is 0 Å². The van der Waals surface area contributed by atoms with Crippen LogP contribution in [0.4, 0.5) is 0 Å². The number of hydrogen-bond acceptors (Lipinski definition) is 0. The third kappa shape index (κ3) is 11.2. The highest BCUT2D eigenvalue weighted by atomic mass is 79.9. The Labute approximate surface area is 113 Å². The molecule has 0 radical (unpaired) electrons. The normalized spacial score (nSPS) is 12.0. The van der Waals surface area contributed by atoms with E-state index in [9.17, 15) is 0 Å². The van der Waals surface area contributed by atoms with Crippen LogP contribution >= 0.6 is 15.9 Å². The Morgan fingerprint density at radius 1 is 0.750 bits per heavy atom. The van der Waals surface area contributed by atoms with E-state index in [0.717, 1.165) is 0 Å². The van der Waals surface area contributed by atoms with Gasteiger partial charge in [-0.2, -0.15) is 0 Å². The maximum atomic E-state index is 3.52. The van der Waals surface area contributed by atoms with Crippen molar-refractivity contribution in [3.63, 3.8) is 0 Å². The van der Waals surface area contributed by atoms with Gasteiger partial charge in [0.1, 0.15) is 0 Å². The van der Waals surface area contributed by atoms with Gasteiger partial charge in [0.25, 0.3) is 0 Å². The monoisotopic (exact) mass is 306 g/mol. The lowest BCUT2D eigenvalue weighted by Gasteiger charge is -2.22. The van der Waals surface area contributed by atoms with Gasteiger partial charge >= 0.3 is 0 Å². The Hall–Kier alpha value is 0.697. The van der Waals surface area contributed by atoms with E-state index in [4.69, 9.17) is 0 Å². The molecule has 0 saturated carbocycles. The van der Waals surface area contributed by atoms with E-state index in [1.807, 2.05) is 0 Å². The molecule has 0 aromatic carbocycles. The molecule has 0 aromatic rings. The molecule has 0 N–H and O–H groups in total. The predicted molar refractivity (Wildman–Crippen MR) is 83.5 cm³/mol. The highest BCUT2D eigenvalue weighted by Crippen LogP contribution is 2.22. The Kier molecular flexibility index (Phi) is 11.3. The molecule has 2 heteroatoms. The summed E-state index contributed by atoms with van der Waals surface area (Å²) in [5, 5.41) is 1.19. The molecule has 0 fully saturated rings. The summed E-state index contributed by atoms with van der Waals surface area (Å²) in [4.78, 5) is 0. The summed E-state index contributed by atoms with van der Waals surface area (Å²) in [7, 11) is -0.830. The highest BCUT2D eigenvalue weighted by Gasteiger charge is 2.18. The quantitative estimate of drug-likeness (QED) is 0.241. The number of rotatable bonds is 11. The van der Waals surface area contributed by atoms with Gasteiger partial charge < -0.3 is 0 Å². The summed E-state index contributed by atoms with van der Waals surface area (Å²) in [5.74, 6) is 0. The van der Waals surface area contributed by atoms with E-state index in [1.54, 1.807) is 6.04 Å². The van der Waals surface area contributed by atoms with E-state index in [1.165, 1.54) is 62.7 Å². The van der Waals surface area contributed by atoms with Crippen molar-refractivity contribution in [3.05, 3.63) is 0 Å². The molecule has 16 heavy (non-hydrogen) atoms. The van der Waals surface area contributed by atoms with Crippen LogP contribution in [0.5, 0.6) is 0 Å². The third-order valence-electron chi connectivity index (χ3n) is 3.44. The van der Waals surface area contributed by atoms with Crippen LogP contribution in [0.1, 0.15) is 58.3 Å². The summed E-state index contributed by atoms with van der Waals surface area (Å²) in [6.45, 7) is 7.44. The van der Waals surface area contributed by atoms with Gasteiger partial charge in [0.2, 0.25) is 0 Å². The second-order valence-corrected chi connectivity index (χ2v) is 11.9. The first kappa shape index (κ1) is 16.7. The summed E-state index contributed by atoms with van der Waals surface area (Å²) in [5.41, 5.74) is 0. The van der Waals surface area contributed by atoms with E-state index in [2.05, 4.69) is 35.9 Å². The minimum absolute atomic E-state index is 0.830. The fourth-order valence-electron chi connectivity index (χ4n) is 2.21. The van der Waals surface area contributed by atoms with Crippen molar-refractivity contribution in [1.82, 2.24) is 0 Å². The molecular weight excluding hydrogens is 276 g/mol. The lowest BCUT2D eigenvalue weighted by molar-refractivity contribution is 0.621. The second-order valence-electron chi connectivity index (χ2n) is 5.83. The molecule has 0 nitrogen and oxygen atoms in total. The Bertz CT molecular complexity index is 146. The molecule has 0 rings (SSSR count). The largest absolute Gasteiger partial charge is 0.0928 e.